The Balaban J connectivity index is 0.00000300. The van der Waals surface area contributed by atoms with Gasteiger partial charge in [0.05, 0.1) is 13.7 Å². The summed E-state index contributed by atoms with van der Waals surface area (Å²) in [6.07, 6.45) is 5.27. The molecule has 1 saturated heterocycles. The van der Waals surface area contributed by atoms with Gasteiger partial charge in [-0.15, -0.1) is 24.0 Å². The van der Waals surface area contributed by atoms with Crippen LogP contribution in [-0.2, 0) is 17.8 Å². The molecule has 1 aliphatic rings. The number of guanidine groups is 1. The molecule has 8 nitrogen and oxygen atoms in total. The lowest BCUT2D eigenvalue weighted by molar-refractivity contribution is 0.111. The van der Waals surface area contributed by atoms with Crippen molar-refractivity contribution >= 4 is 36.0 Å². The Morgan fingerprint density at radius 3 is 2.66 bits per heavy atom. The van der Waals surface area contributed by atoms with Gasteiger partial charge in [0.15, 0.2) is 5.96 Å². The molecule has 1 amide bonds. The maximum atomic E-state index is 11.6. The summed E-state index contributed by atoms with van der Waals surface area (Å²) in [7, 11) is 3.18. The molecule has 2 aromatic rings. The topological polar surface area (TPSA) is 83.8 Å². The zero-order valence-corrected chi connectivity index (χ0v) is 19.2. The van der Waals surface area contributed by atoms with Crippen LogP contribution >= 0.6 is 24.0 Å². The molecular weight excluding hydrogens is 483 g/mol. The summed E-state index contributed by atoms with van der Waals surface area (Å²) >= 11 is 0. The van der Waals surface area contributed by atoms with Crippen LogP contribution in [-0.4, -0.2) is 59.8 Å². The number of benzene rings is 1. The van der Waals surface area contributed by atoms with Gasteiger partial charge in [0.25, 0.3) is 0 Å². The van der Waals surface area contributed by atoms with Crippen molar-refractivity contribution in [1.82, 2.24) is 25.1 Å². The fraction of sp³-hybridized carbons (Fsp3) is 0.450. The number of imidazole rings is 1. The maximum Gasteiger partial charge on any atom is 0.409 e. The number of carbonyl (C=O) groups excluding carboxylic acids is 1. The first kappa shape index (κ1) is 23.0. The van der Waals surface area contributed by atoms with E-state index in [4.69, 9.17) is 4.74 Å². The Hall–Kier alpha value is -2.30. The molecule has 0 spiro atoms. The summed E-state index contributed by atoms with van der Waals surface area (Å²) in [4.78, 5) is 22.1. The number of rotatable bonds is 5. The van der Waals surface area contributed by atoms with Crippen molar-refractivity contribution in [3.63, 3.8) is 0 Å². The molecule has 0 aliphatic carbocycles. The van der Waals surface area contributed by atoms with E-state index in [-0.39, 0.29) is 36.1 Å². The third-order valence-corrected chi connectivity index (χ3v) is 4.90. The van der Waals surface area contributed by atoms with Crippen LogP contribution < -0.4 is 10.6 Å². The molecule has 3 rings (SSSR count). The average molecular weight is 512 g/mol. The fourth-order valence-corrected chi connectivity index (χ4v) is 3.32. The second kappa shape index (κ2) is 11.6. The quantitative estimate of drug-likeness (QED) is 0.366. The van der Waals surface area contributed by atoms with E-state index < -0.39 is 0 Å². The molecule has 9 heteroatoms. The normalized spacial score (nSPS) is 14.8. The van der Waals surface area contributed by atoms with Crippen LogP contribution in [0.2, 0.25) is 0 Å². The number of carbonyl (C=O) groups is 1. The van der Waals surface area contributed by atoms with Crippen LogP contribution in [0.25, 0.3) is 0 Å². The third-order valence-electron chi connectivity index (χ3n) is 4.90. The number of ether oxygens (including phenoxy) is 1. The number of halogens is 1. The summed E-state index contributed by atoms with van der Waals surface area (Å²) in [6, 6.07) is 10.6. The first-order valence-electron chi connectivity index (χ1n) is 9.53. The standard InChI is InChI=1S/C20H28N6O2.HI/c1-21-19(24-17-8-11-25(12-9-17)20(27)28-2)23-14-18-22-10-13-26(18)15-16-6-4-3-5-7-16;/h3-7,10,13,17H,8-9,11-12,14-15H2,1-2H3,(H2,21,23,24);1H. The lowest BCUT2D eigenvalue weighted by Crippen LogP contribution is -2.49. The highest BCUT2D eigenvalue weighted by atomic mass is 127. The number of aromatic nitrogens is 2. The van der Waals surface area contributed by atoms with Gasteiger partial charge in [-0.05, 0) is 18.4 Å². The molecule has 158 valence electrons. The van der Waals surface area contributed by atoms with Gasteiger partial charge in [0.1, 0.15) is 5.82 Å². The number of likely N-dealkylation sites (tertiary alicyclic amines) is 1. The number of nitrogens with one attached hydrogen (secondary N) is 2. The number of amides is 1. The molecule has 2 heterocycles. The molecule has 1 aromatic heterocycles. The van der Waals surface area contributed by atoms with Crippen LogP contribution in [0.4, 0.5) is 4.79 Å². The highest BCUT2D eigenvalue weighted by molar-refractivity contribution is 14.0. The minimum atomic E-state index is -0.258. The third kappa shape index (κ3) is 6.62. The van der Waals surface area contributed by atoms with Crippen molar-refractivity contribution in [2.75, 3.05) is 27.2 Å². The van der Waals surface area contributed by atoms with Crippen LogP contribution in [0.1, 0.15) is 24.2 Å². The molecule has 1 aromatic carbocycles. The number of hydrogen-bond acceptors (Lipinski definition) is 4. The lowest BCUT2D eigenvalue weighted by atomic mass is 10.1. The fourth-order valence-electron chi connectivity index (χ4n) is 3.32. The zero-order valence-electron chi connectivity index (χ0n) is 16.9. The van der Waals surface area contributed by atoms with Crippen molar-refractivity contribution < 1.29 is 9.53 Å². The van der Waals surface area contributed by atoms with Gasteiger partial charge >= 0.3 is 6.09 Å². The van der Waals surface area contributed by atoms with Gasteiger partial charge in [-0.2, -0.15) is 0 Å². The molecule has 0 saturated carbocycles. The van der Waals surface area contributed by atoms with Crippen molar-refractivity contribution in [2.24, 2.45) is 4.99 Å². The predicted molar refractivity (Wildman–Crippen MR) is 124 cm³/mol. The second-order valence-corrected chi connectivity index (χ2v) is 6.76. The number of aliphatic imine (C=N–C) groups is 1. The molecule has 2 N–H and O–H groups in total. The molecule has 29 heavy (non-hydrogen) atoms. The summed E-state index contributed by atoms with van der Waals surface area (Å²) in [5, 5.41) is 6.78. The highest BCUT2D eigenvalue weighted by Crippen LogP contribution is 2.11. The number of hydrogen-bond donors (Lipinski definition) is 2. The highest BCUT2D eigenvalue weighted by Gasteiger charge is 2.23. The Kier molecular flexibility index (Phi) is 9.23. The van der Waals surface area contributed by atoms with Crippen LogP contribution in [0.15, 0.2) is 47.7 Å². The van der Waals surface area contributed by atoms with Crippen molar-refractivity contribution in [1.29, 1.82) is 0 Å². The van der Waals surface area contributed by atoms with E-state index in [0.29, 0.717) is 19.6 Å². The first-order chi connectivity index (χ1) is 13.7. The van der Waals surface area contributed by atoms with Crippen molar-refractivity contribution in [3.8, 4) is 0 Å². The number of nitrogens with zero attached hydrogens (tertiary/aromatic N) is 4. The molecule has 0 unspecified atom stereocenters. The monoisotopic (exact) mass is 512 g/mol. The molecule has 0 bridgehead atoms. The summed E-state index contributed by atoms with van der Waals surface area (Å²) < 4.78 is 6.91. The molecular formula is C20H29IN6O2. The Morgan fingerprint density at radius 1 is 1.28 bits per heavy atom. The summed E-state index contributed by atoms with van der Waals surface area (Å²) in [6.45, 7) is 2.74. The Bertz CT molecular complexity index is 787. The van der Waals surface area contributed by atoms with Crippen molar-refractivity contribution in [2.45, 2.75) is 32.0 Å². The van der Waals surface area contributed by atoms with E-state index in [9.17, 15) is 4.79 Å². The van der Waals surface area contributed by atoms with Gasteiger partial charge in [0, 0.05) is 45.1 Å². The minimum Gasteiger partial charge on any atom is -0.453 e. The average Bonchev–Trinajstić information content (AvgIpc) is 3.18. The van der Waals surface area contributed by atoms with Gasteiger partial charge < -0.3 is 24.8 Å². The smallest absolute Gasteiger partial charge is 0.409 e. The first-order valence-corrected chi connectivity index (χ1v) is 9.53. The zero-order chi connectivity index (χ0) is 19.8. The SMILES string of the molecule is CN=C(NCc1nccn1Cc1ccccc1)NC1CCN(C(=O)OC)CC1.I. The number of methoxy groups -OCH3 is 1. The van der Waals surface area contributed by atoms with Crippen LogP contribution in [0.5, 0.6) is 0 Å². The van der Waals surface area contributed by atoms with Gasteiger partial charge in [-0.3, -0.25) is 4.99 Å². The summed E-state index contributed by atoms with van der Waals surface area (Å²) in [5.74, 6) is 1.69. The van der Waals surface area contributed by atoms with Gasteiger partial charge in [-0.1, -0.05) is 30.3 Å². The minimum absolute atomic E-state index is 0. The number of piperidine rings is 1. The molecule has 1 aliphatic heterocycles. The van der Waals surface area contributed by atoms with E-state index in [1.165, 1.54) is 12.7 Å². The van der Waals surface area contributed by atoms with E-state index in [0.717, 1.165) is 31.2 Å². The Morgan fingerprint density at radius 2 is 2.00 bits per heavy atom. The van der Waals surface area contributed by atoms with Gasteiger partial charge in [0.2, 0.25) is 0 Å². The van der Waals surface area contributed by atoms with E-state index in [1.807, 2.05) is 30.6 Å². The van der Waals surface area contributed by atoms with Crippen molar-refractivity contribution in [3.05, 3.63) is 54.1 Å². The summed E-state index contributed by atoms with van der Waals surface area (Å²) in [5.41, 5.74) is 1.24. The maximum absolute atomic E-state index is 11.6. The molecule has 1 fully saturated rings. The van der Waals surface area contributed by atoms with Crippen LogP contribution in [0.3, 0.4) is 0 Å². The largest absolute Gasteiger partial charge is 0.453 e. The van der Waals surface area contributed by atoms with Gasteiger partial charge in [-0.25, -0.2) is 9.78 Å². The second-order valence-electron chi connectivity index (χ2n) is 6.76. The van der Waals surface area contributed by atoms with E-state index >= 15 is 0 Å². The van der Waals surface area contributed by atoms with E-state index in [2.05, 4.69) is 37.3 Å². The van der Waals surface area contributed by atoms with Crippen LogP contribution in [0, 0.1) is 0 Å². The lowest BCUT2D eigenvalue weighted by Gasteiger charge is -2.32. The van der Waals surface area contributed by atoms with E-state index in [1.54, 1.807) is 11.9 Å². The predicted octanol–water partition coefficient (Wildman–Crippen LogP) is 2.45. The molecule has 0 radical (unpaired) electrons. The Labute approximate surface area is 188 Å². The molecule has 0 atom stereocenters.